The molecular weight excluding hydrogens is 182 g/mol. The number of nitrogens with zero attached hydrogens (tertiary/aromatic N) is 1. The van der Waals surface area contributed by atoms with E-state index in [1.165, 1.54) is 0 Å². The number of aliphatic hydroxyl groups is 1. The van der Waals surface area contributed by atoms with Crippen LogP contribution in [0.1, 0.15) is 13.8 Å². The molecule has 0 aliphatic rings. The summed E-state index contributed by atoms with van der Waals surface area (Å²) in [6.45, 7) is 6.52. The summed E-state index contributed by atoms with van der Waals surface area (Å²) in [6.07, 6.45) is -0.608. The molecule has 0 saturated heterocycles. The number of rotatable bonds is 3. The SMILES string of the molecule is C=C(C)C(=O)OCC(C)O.CN(C)C. The van der Waals surface area contributed by atoms with Gasteiger partial charge in [0.05, 0.1) is 6.10 Å². The maximum Gasteiger partial charge on any atom is 0.333 e. The quantitative estimate of drug-likeness (QED) is 0.541. The molecule has 0 radical (unpaired) electrons. The summed E-state index contributed by atoms with van der Waals surface area (Å²) in [6, 6.07) is 0. The molecule has 1 atom stereocenters. The Bertz CT molecular complexity index is 173. The molecule has 14 heavy (non-hydrogen) atoms. The van der Waals surface area contributed by atoms with Crippen molar-refractivity contribution in [2.45, 2.75) is 20.0 Å². The van der Waals surface area contributed by atoms with Gasteiger partial charge in [0.15, 0.2) is 0 Å². The monoisotopic (exact) mass is 203 g/mol. The van der Waals surface area contributed by atoms with Crippen molar-refractivity contribution in [3.8, 4) is 0 Å². The lowest BCUT2D eigenvalue weighted by atomic mass is 10.3. The smallest absolute Gasteiger partial charge is 0.333 e. The molecule has 0 bridgehead atoms. The summed E-state index contributed by atoms with van der Waals surface area (Å²) in [5.74, 6) is -0.457. The summed E-state index contributed by atoms with van der Waals surface area (Å²) in [5, 5.41) is 8.68. The van der Waals surface area contributed by atoms with Crippen LogP contribution >= 0.6 is 0 Å². The molecule has 4 nitrogen and oxygen atoms in total. The molecular formula is C10H21NO3. The van der Waals surface area contributed by atoms with Crippen LogP contribution in [0.2, 0.25) is 0 Å². The molecule has 0 aliphatic carbocycles. The van der Waals surface area contributed by atoms with Crippen molar-refractivity contribution >= 4 is 5.97 Å². The standard InChI is InChI=1S/C7H12O3.C3H9N/c1-5(2)7(9)10-4-6(3)8;1-4(2)3/h6,8H,1,4H2,2-3H3;1-3H3. The molecule has 1 N–H and O–H groups in total. The third kappa shape index (κ3) is 17.3. The molecule has 4 heteroatoms. The van der Waals surface area contributed by atoms with Crippen molar-refractivity contribution in [2.75, 3.05) is 27.7 Å². The second kappa shape index (κ2) is 8.72. The van der Waals surface area contributed by atoms with Crippen LogP contribution in [0.4, 0.5) is 0 Å². The fraction of sp³-hybridized carbons (Fsp3) is 0.700. The Kier molecular flexibility index (Phi) is 9.71. The van der Waals surface area contributed by atoms with Crippen LogP contribution in [-0.4, -0.2) is 49.8 Å². The Balaban J connectivity index is 0. The van der Waals surface area contributed by atoms with E-state index in [9.17, 15) is 4.79 Å². The van der Waals surface area contributed by atoms with Crippen molar-refractivity contribution in [3.63, 3.8) is 0 Å². The summed E-state index contributed by atoms with van der Waals surface area (Å²) in [4.78, 5) is 12.6. The first-order valence-corrected chi connectivity index (χ1v) is 4.39. The molecule has 0 aliphatic heterocycles. The van der Waals surface area contributed by atoms with Gasteiger partial charge in [-0.2, -0.15) is 0 Å². The molecule has 0 aromatic rings. The molecule has 84 valence electrons. The third-order valence-electron chi connectivity index (χ3n) is 0.804. The summed E-state index contributed by atoms with van der Waals surface area (Å²) in [7, 11) is 6.00. The number of ether oxygens (including phenoxy) is 1. The maximum absolute atomic E-state index is 10.6. The van der Waals surface area contributed by atoms with Gasteiger partial charge in [0.1, 0.15) is 6.61 Å². The van der Waals surface area contributed by atoms with Gasteiger partial charge in [0.2, 0.25) is 0 Å². The zero-order valence-electron chi connectivity index (χ0n) is 9.70. The first-order chi connectivity index (χ1) is 6.27. The van der Waals surface area contributed by atoms with Gasteiger partial charge in [-0.25, -0.2) is 4.79 Å². The summed E-state index contributed by atoms with van der Waals surface area (Å²) >= 11 is 0. The number of esters is 1. The summed E-state index contributed by atoms with van der Waals surface area (Å²) < 4.78 is 4.58. The molecule has 0 fully saturated rings. The van der Waals surface area contributed by atoms with E-state index in [-0.39, 0.29) is 6.61 Å². The Morgan fingerprint density at radius 3 is 2.07 bits per heavy atom. The van der Waals surface area contributed by atoms with Gasteiger partial charge in [0, 0.05) is 5.57 Å². The van der Waals surface area contributed by atoms with Crippen LogP contribution < -0.4 is 0 Å². The van der Waals surface area contributed by atoms with Gasteiger partial charge in [-0.15, -0.1) is 0 Å². The minimum absolute atomic E-state index is 0.0334. The largest absolute Gasteiger partial charge is 0.460 e. The van der Waals surface area contributed by atoms with Crippen molar-refractivity contribution in [1.29, 1.82) is 0 Å². The van der Waals surface area contributed by atoms with Crippen LogP contribution in [0.3, 0.4) is 0 Å². The van der Waals surface area contributed by atoms with Gasteiger partial charge in [-0.3, -0.25) is 0 Å². The highest BCUT2D eigenvalue weighted by Gasteiger charge is 2.03. The predicted octanol–water partition coefficient (Wildman–Crippen LogP) is 0.664. The van der Waals surface area contributed by atoms with E-state index in [1.54, 1.807) is 13.8 Å². The highest BCUT2D eigenvalue weighted by Crippen LogP contribution is 1.92. The predicted molar refractivity (Wildman–Crippen MR) is 57.1 cm³/mol. The third-order valence-corrected chi connectivity index (χ3v) is 0.804. The van der Waals surface area contributed by atoms with Crippen LogP contribution in [0.15, 0.2) is 12.2 Å². The van der Waals surface area contributed by atoms with E-state index in [0.29, 0.717) is 5.57 Å². The van der Waals surface area contributed by atoms with E-state index in [0.717, 1.165) is 0 Å². The molecule has 0 amide bonds. The van der Waals surface area contributed by atoms with Crippen molar-refractivity contribution in [1.82, 2.24) is 4.90 Å². The van der Waals surface area contributed by atoms with E-state index < -0.39 is 12.1 Å². The zero-order chi connectivity index (χ0) is 11.7. The van der Waals surface area contributed by atoms with Crippen LogP contribution in [-0.2, 0) is 9.53 Å². The lowest BCUT2D eigenvalue weighted by Crippen LogP contribution is -2.15. The number of hydrogen-bond donors (Lipinski definition) is 1. The van der Waals surface area contributed by atoms with Crippen molar-refractivity contribution in [2.24, 2.45) is 0 Å². The Morgan fingerprint density at radius 2 is 1.86 bits per heavy atom. The molecule has 0 spiro atoms. The highest BCUT2D eigenvalue weighted by atomic mass is 16.5. The van der Waals surface area contributed by atoms with Gasteiger partial charge < -0.3 is 14.7 Å². The minimum atomic E-state index is -0.608. The van der Waals surface area contributed by atoms with Gasteiger partial charge in [0.25, 0.3) is 0 Å². The molecule has 0 heterocycles. The molecule has 0 aromatic heterocycles. The van der Waals surface area contributed by atoms with Crippen LogP contribution in [0.25, 0.3) is 0 Å². The highest BCUT2D eigenvalue weighted by molar-refractivity contribution is 5.86. The number of hydrogen-bond acceptors (Lipinski definition) is 4. The Hall–Kier alpha value is -0.870. The topological polar surface area (TPSA) is 49.8 Å². The molecule has 0 aromatic carbocycles. The van der Waals surface area contributed by atoms with Crippen molar-refractivity contribution < 1.29 is 14.6 Å². The molecule has 0 rings (SSSR count). The molecule has 1 unspecified atom stereocenters. The second-order valence-corrected chi connectivity index (χ2v) is 3.57. The van der Waals surface area contributed by atoms with Gasteiger partial charge in [-0.05, 0) is 35.0 Å². The first kappa shape index (κ1) is 15.6. The number of aliphatic hydroxyl groups excluding tert-OH is 1. The lowest BCUT2D eigenvalue weighted by Gasteiger charge is -2.04. The fourth-order valence-corrected chi connectivity index (χ4v) is 0.319. The first-order valence-electron chi connectivity index (χ1n) is 4.39. The number of carbonyl (C=O) groups excluding carboxylic acids is 1. The number of carbonyl (C=O) groups is 1. The molecule has 0 saturated carbocycles. The Labute approximate surface area is 86.2 Å². The average molecular weight is 203 g/mol. The van der Waals surface area contributed by atoms with Crippen LogP contribution in [0, 0.1) is 0 Å². The van der Waals surface area contributed by atoms with E-state index in [2.05, 4.69) is 11.3 Å². The maximum atomic E-state index is 10.6. The van der Waals surface area contributed by atoms with Gasteiger partial charge >= 0.3 is 5.97 Å². The minimum Gasteiger partial charge on any atom is -0.460 e. The van der Waals surface area contributed by atoms with Crippen molar-refractivity contribution in [3.05, 3.63) is 12.2 Å². The summed E-state index contributed by atoms with van der Waals surface area (Å²) in [5.41, 5.74) is 0.348. The lowest BCUT2D eigenvalue weighted by molar-refractivity contribution is -0.141. The van der Waals surface area contributed by atoms with E-state index >= 15 is 0 Å². The fourth-order valence-electron chi connectivity index (χ4n) is 0.319. The normalized spacial score (nSPS) is 11.4. The van der Waals surface area contributed by atoms with Gasteiger partial charge in [-0.1, -0.05) is 6.58 Å². The zero-order valence-corrected chi connectivity index (χ0v) is 9.70. The van der Waals surface area contributed by atoms with E-state index in [4.69, 9.17) is 5.11 Å². The Morgan fingerprint density at radius 1 is 1.50 bits per heavy atom. The second-order valence-electron chi connectivity index (χ2n) is 3.57. The van der Waals surface area contributed by atoms with Crippen LogP contribution in [0.5, 0.6) is 0 Å². The average Bonchev–Trinajstić information content (AvgIpc) is 1.98. The van der Waals surface area contributed by atoms with E-state index in [1.807, 2.05) is 26.0 Å².